The number of aromatic amines is 1. The van der Waals surface area contributed by atoms with Crippen molar-refractivity contribution in [3.63, 3.8) is 0 Å². The van der Waals surface area contributed by atoms with Gasteiger partial charge < -0.3 is 9.47 Å². The molecule has 31 heavy (non-hydrogen) atoms. The molecule has 0 amide bonds. The number of imidazole rings is 1. The summed E-state index contributed by atoms with van der Waals surface area (Å²) in [6, 6.07) is 7.34. The van der Waals surface area contributed by atoms with E-state index in [1.54, 1.807) is 41.0 Å². The molecule has 9 heteroatoms. The minimum absolute atomic E-state index is 0.302. The third-order valence-electron chi connectivity index (χ3n) is 5.12. The lowest BCUT2D eigenvalue weighted by molar-refractivity contribution is 0.343. The fourth-order valence-corrected chi connectivity index (χ4v) is 3.80. The zero-order valence-electron chi connectivity index (χ0n) is 17.3. The van der Waals surface area contributed by atoms with Crippen LogP contribution in [0.5, 0.6) is 11.5 Å². The predicted octanol–water partition coefficient (Wildman–Crippen LogP) is 3.07. The Hall–Kier alpha value is -4.14. The summed E-state index contributed by atoms with van der Waals surface area (Å²) in [6.07, 6.45) is 7.05. The van der Waals surface area contributed by atoms with E-state index in [0.29, 0.717) is 35.0 Å². The lowest BCUT2D eigenvalue weighted by Gasteiger charge is -2.12. The van der Waals surface area contributed by atoms with Crippen molar-refractivity contribution in [2.75, 3.05) is 13.7 Å². The molecule has 0 aliphatic rings. The van der Waals surface area contributed by atoms with Gasteiger partial charge in [-0.05, 0) is 25.1 Å². The lowest BCUT2D eigenvalue weighted by atomic mass is 10.1. The topological polar surface area (TPSA) is 99.9 Å². The fraction of sp³-hybridized carbons (Fsp3) is 0.182. The molecule has 1 aromatic carbocycles. The van der Waals surface area contributed by atoms with Gasteiger partial charge in [0.25, 0.3) is 0 Å². The van der Waals surface area contributed by atoms with Gasteiger partial charge in [-0.2, -0.15) is 5.10 Å². The van der Waals surface area contributed by atoms with Gasteiger partial charge in [0.05, 0.1) is 31.1 Å². The second-order valence-electron chi connectivity index (χ2n) is 7.01. The Labute approximate surface area is 176 Å². The van der Waals surface area contributed by atoms with Crippen molar-refractivity contribution >= 4 is 22.1 Å². The van der Waals surface area contributed by atoms with Gasteiger partial charge in [0.1, 0.15) is 17.0 Å². The molecule has 5 aromatic rings. The number of pyridine rings is 2. The first kappa shape index (κ1) is 18.9. The monoisotopic (exact) mass is 416 g/mol. The van der Waals surface area contributed by atoms with Crippen molar-refractivity contribution in [2.45, 2.75) is 6.92 Å². The fourth-order valence-electron chi connectivity index (χ4n) is 3.80. The first-order valence-corrected chi connectivity index (χ1v) is 9.79. The molecule has 0 radical (unpaired) electrons. The van der Waals surface area contributed by atoms with Crippen LogP contribution >= 0.6 is 0 Å². The quantitative estimate of drug-likeness (QED) is 0.473. The average molecular weight is 416 g/mol. The summed E-state index contributed by atoms with van der Waals surface area (Å²) in [7, 11) is 3.48. The van der Waals surface area contributed by atoms with Gasteiger partial charge in [0.2, 0.25) is 0 Å². The molecule has 1 N–H and O–H groups in total. The Morgan fingerprint density at radius 1 is 1.16 bits per heavy atom. The number of nitrogens with zero attached hydrogens (tertiary/aromatic N) is 5. The van der Waals surface area contributed by atoms with Crippen molar-refractivity contribution < 1.29 is 9.47 Å². The molecule has 0 unspecified atom stereocenters. The van der Waals surface area contributed by atoms with E-state index in [2.05, 4.69) is 20.1 Å². The van der Waals surface area contributed by atoms with Gasteiger partial charge >= 0.3 is 5.69 Å². The molecular weight excluding hydrogens is 396 g/mol. The highest BCUT2D eigenvalue weighted by Crippen LogP contribution is 2.36. The minimum atomic E-state index is -0.302. The lowest BCUT2D eigenvalue weighted by Crippen LogP contribution is -2.15. The first-order chi connectivity index (χ1) is 15.1. The summed E-state index contributed by atoms with van der Waals surface area (Å²) < 4.78 is 14.8. The first-order valence-electron chi connectivity index (χ1n) is 9.79. The molecule has 156 valence electrons. The van der Waals surface area contributed by atoms with Crippen molar-refractivity contribution in [3.8, 4) is 28.3 Å². The van der Waals surface area contributed by atoms with Gasteiger partial charge in [-0.25, -0.2) is 9.78 Å². The molecule has 0 fully saturated rings. The zero-order chi connectivity index (χ0) is 21.5. The highest BCUT2D eigenvalue weighted by Gasteiger charge is 2.18. The number of benzene rings is 1. The van der Waals surface area contributed by atoms with E-state index < -0.39 is 0 Å². The van der Waals surface area contributed by atoms with E-state index in [1.165, 1.54) is 0 Å². The van der Waals surface area contributed by atoms with Crippen molar-refractivity contribution in [1.82, 2.24) is 29.3 Å². The number of fused-ring (bicyclic) bond motifs is 2. The largest absolute Gasteiger partial charge is 0.495 e. The summed E-state index contributed by atoms with van der Waals surface area (Å²) in [5.41, 5.74) is 3.87. The second-order valence-corrected chi connectivity index (χ2v) is 7.01. The van der Waals surface area contributed by atoms with Crippen LogP contribution in [-0.4, -0.2) is 43.0 Å². The summed E-state index contributed by atoms with van der Waals surface area (Å²) in [6.45, 7) is 2.37. The third kappa shape index (κ3) is 3.02. The van der Waals surface area contributed by atoms with Gasteiger partial charge in [0.15, 0.2) is 5.65 Å². The van der Waals surface area contributed by atoms with Crippen LogP contribution in [0, 0.1) is 0 Å². The smallest absolute Gasteiger partial charge is 0.332 e. The molecule has 0 saturated carbocycles. The Morgan fingerprint density at radius 3 is 2.77 bits per heavy atom. The van der Waals surface area contributed by atoms with Crippen LogP contribution < -0.4 is 15.2 Å². The Balaban J connectivity index is 1.77. The normalized spacial score (nSPS) is 11.3. The third-order valence-corrected chi connectivity index (χ3v) is 5.12. The standard InChI is InChI=1S/C22H20N6O3/c1-4-31-18-7-8-23-21-19(18)28(22(29)26-21)14-5-6-17-15(9-14)20(30-3)16(11-24-17)13-10-25-27(2)12-13/h5-12H,4H2,1-3H3,(H,23,26,29). The van der Waals surface area contributed by atoms with Crippen LogP contribution in [0.25, 0.3) is 38.9 Å². The molecule has 0 aliphatic heterocycles. The van der Waals surface area contributed by atoms with Crippen LogP contribution in [0.3, 0.4) is 0 Å². The number of ether oxygens (including phenoxy) is 2. The number of methoxy groups -OCH3 is 1. The van der Waals surface area contributed by atoms with Crippen LogP contribution in [0.2, 0.25) is 0 Å². The molecule has 9 nitrogen and oxygen atoms in total. The molecule has 0 atom stereocenters. The maximum absolute atomic E-state index is 12.8. The van der Waals surface area contributed by atoms with Gasteiger partial charge in [-0.15, -0.1) is 0 Å². The molecule has 4 aromatic heterocycles. The molecule has 5 rings (SSSR count). The maximum atomic E-state index is 12.8. The number of nitrogens with one attached hydrogen (secondary N) is 1. The Morgan fingerprint density at radius 2 is 2.03 bits per heavy atom. The van der Waals surface area contributed by atoms with E-state index in [1.807, 2.05) is 38.4 Å². The molecule has 0 bridgehead atoms. The Bertz CT molecular complexity index is 1480. The summed E-state index contributed by atoms with van der Waals surface area (Å²) in [4.78, 5) is 24.5. The minimum Gasteiger partial charge on any atom is -0.495 e. The summed E-state index contributed by atoms with van der Waals surface area (Å²) in [5, 5.41) is 5.02. The van der Waals surface area contributed by atoms with Crippen molar-refractivity contribution in [3.05, 3.63) is 59.5 Å². The highest BCUT2D eigenvalue weighted by atomic mass is 16.5. The predicted molar refractivity (Wildman–Crippen MR) is 117 cm³/mol. The second kappa shape index (κ2) is 7.28. The average Bonchev–Trinajstić information content (AvgIpc) is 3.35. The number of aryl methyl sites for hydroxylation is 1. The zero-order valence-corrected chi connectivity index (χ0v) is 17.3. The van der Waals surface area contributed by atoms with E-state index in [4.69, 9.17) is 9.47 Å². The number of hydrogen-bond acceptors (Lipinski definition) is 6. The van der Waals surface area contributed by atoms with Gasteiger partial charge in [0, 0.05) is 48.2 Å². The number of aromatic nitrogens is 6. The van der Waals surface area contributed by atoms with Crippen LogP contribution in [0.15, 0.2) is 53.8 Å². The van der Waals surface area contributed by atoms with Crippen molar-refractivity contribution in [1.29, 1.82) is 0 Å². The molecule has 0 spiro atoms. The van der Waals surface area contributed by atoms with Crippen LogP contribution in [0.4, 0.5) is 0 Å². The van der Waals surface area contributed by atoms with Crippen LogP contribution in [-0.2, 0) is 7.05 Å². The highest BCUT2D eigenvalue weighted by molar-refractivity contribution is 5.93. The summed E-state index contributed by atoms with van der Waals surface area (Å²) >= 11 is 0. The summed E-state index contributed by atoms with van der Waals surface area (Å²) in [5.74, 6) is 1.25. The maximum Gasteiger partial charge on any atom is 0.332 e. The molecule has 0 aliphatic carbocycles. The number of H-pyrrole nitrogens is 1. The molecule has 4 heterocycles. The number of rotatable bonds is 5. The number of hydrogen-bond donors (Lipinski definition) is 1. The van der Waals surface area contributed by atoms with E-state index in [9.17, 15) is 4.79 Å². The van der Waals surface area contributed by atoms with Crippen molar-refractivity contribution in [2.24, 2.45) is 7.05 Å². The molecule has 0 saturated heterocycles. The van der Waals surface area contributed by atoms with E-state index in [-0.39, 0.29) is 5.69 Å². The van der Waals surface area contributed by atoms with Crippen LogP contribution in [0.1, 0.15) is 6.92 Å². The SMILES string of the molecule is CCOc1ccnc2[nH]c(=O)n(-c3ccc4ncc(-c5cnn(C)c5)c(OC)c4c3)c12. The van der Waals surface area contributed by atoms with E-state index >= 15 is 0 Å². The van der Waals surface area contributed by atoms with Gasteiger partial charge in [-0.1, -0.05) is 0 Å². The van der Waals surface area contributed by atoms with E-state index in [0.717, 1.165) is 22.0 Å². The molecular formula is C22H20N6O3. The van der Waals surface area contributed by atoms with Gasteiger partial charge in [-0.3, -0.25) is 19.2 Å². The Kier molecular flexibility index (Phi) is 4.43.